The molecule has 1 fully saturated rings. The van der Waals surface area contributed by atoms with Crippen LogP contribution in [0, 0.1) is 11.6 Å². The summed E-state index contributed by atoms with van der Waals surface area (Å²) in [5.41, 5.74) is -1.26. The number of rotatable bonds is 2. The number of carbonyl (C=O) groups excluding carboxylic acids is 1. The molecular formula is C12H10ClF2NO. The number of hydrogen-bond acceptors (Lipinski definition) is 2. The molecule has 0 heterocycles. The van der Waals surface area contributed by atoms with Gasteiger partial charge in [0.05, 0.1) is 5.56 Å². The van der Waals surface area contributed by atoms with Crippen molar-refractivity contribution in [1.82, 2.24) is 0 Å². The summed E-state index contributed by atoms with van der Waals surface area (Å²) in [4.78, 5) is 14.1. The third-order valence-electron chi connectivity index (χ3n) is 3.16. The van der Waals surface area contributed by atoms with E-state index in [9.17, 15) is 13.6 Å². The van der Waals surface area contributed by atoms with E-state index < -0.39 is 17.2 Å². The number of aliphatic imine (C=N–C) groups is 1. The van der Waals surface area contributed by atoms with Gasteiger partial charge in [-0.2, -0.15) is 4.99 Å². The molecule has 1 saturated carbocycles. The Morgan fingerprint density at radius 2 is 1.76 bits per heavy atom. The second-order valence-electron chi connectivity index (χ2n) is 4.19. The standard InChI is InChI=1S/C12H10ClF2NO/c13-8-5-9(14)11(10(15)6-8)12(16-7-17)3-1-2-4-12/h5-6H,1-4H2. The predicted octanol–water partition coefficient (Wildman–Crippen LogP) is 3.72. The molecule has 1 aliphatic rings. The monoisotopic (exact) mass is 257 g/mol. The van der Waals surface area contributed by atoms with Gasteiger partial charge in [0.2, 0.25) is 6.08 Å². The Labute approximate surface area is 102 Å². The van der Waals surface area contributed by atoms with E-state index in [1.807, 2.05) is 0 Å². The maximum absolute atomic E-state index is 13.8. The molecule has 0 bridgehead atoms. The van der Waals surface area contributed by atoms with Crippen LogP contribution in [0.1, 0.15) is 31.2 Å². The van der Waals surface area contributed by atoms with Crippen molar-refractivity contribution < 1.29 is 13.6 Å². The number of halogens is 3. The molecule has 2 rings (SSSR count). The van der Waals surface area contributed by atoms with Crippen molar-refractivity contribution in [3.05, 3.63) is 34.4 Å². The quantitative estimate of drug-likeness (QED) is 0.586. The minimum absolute atomic E-state index is 0.00743. The summed E-state index contributed by atoms with van der Waals surface area (Å²) in [6, 6.07) is 2.08. The molecule has 0 amide bonds. The Bertz CT molecular complexity index is 468. The van der Waals surface area contributed by atoms with E-state index in [0.717, 1.165) is 25.0 Å². The van der Waals surface area contributed by atoms with Crippen LogP contribution >= 0.6 is 11.6 Å². The Hall–Kier alpha value is -1.25. The summed E-state index contributed by atoms with van der Waals surface area (Å²) in [7, 11) is 0. The van der Waals surface area contributed by atoms with E-state index in [-0.39, 0.29) is 10.6 Å². The highest BCUT2D eigenvalue weighted by molar-refractivity contribution is 6.30. The summed E-state index contributed by atoms with van der Waals surface area (Å²) in [6.45, 7) is 0. The maximum Gasteiger partial charge on any atom is 0.235 e. The van der Waals surface area contributed by atoms with Gasteiger partial charge < -0.3 is 0 Å². The van der Waals surface area contributed by atoms with Crippen LogP contribution in [-0.2, 0) is 10.3 Å². The van der Waals surface area contributed by atoms with Gasteiger partial charge in [0.1, 0.15) is 17.2 Å². The minimum Gasteiger partial charge on any atom is -0.211 e. The highest BCUT2D eigenvalue weighted by Crippen LogP contribution is 2.44. The van der Waals surface area contributed by atoms with Gasteiger partial charge in [0.15, 0.2) is 0 Å². The summed E-state index contributed by atoms with van der Waals surface area (Å²) in [5, 5.41) is -0.00743. The van der Waals surface area contributed by atoms with Crippen LogP contribution in [0.3, 0.4) is 0 Å². The van der Waals surface area contributed by atoms with Crippen LogP contribution in [-0.4, -0.2) is 6.08 Å². The molecule has 17 heavy (non-hydrogen) atoms. The third kappa shape index (κ3) is 2.11. The number of benzene rings is 1. The normalized spacial score (nSPS) is 17.8. The molecule has 1 aromatic rings. The maximum atomic E-state index is 13.8. The Morgan fingerprint density at radius 1 is 1.24 bits per heavy atom. The first-order valence-electron chi connectivity index (χ1n) is 5.33. The molecule has 0 saturated heterocycles. The fourth-order valence-corrected chi connectivity index (χ4v) is 2.64. The van der Waals surface area contributed by atoms with Crippen LogP contribution in [0.4, 0.5) is 8.78 Å². The molecule has 1 aromatic carbocycles. The van der Waals surface area contributed by atoms with Crippen molar-refractivity contribution >= 4 is 17.7 Å². The first kappa shape index (κ1) is 12.2. The highest BCUT2D eigenvalue weighted by atomic mass is 35.5. The average Bonchev–Trinajstić information content (AvgIpc) is 2.66. The fourth-order valence-electron chi connectivity index (χ4n) is 2.45. The van der Waals surface area contributed by atoms with E-state index in [1.165, 1.54) is 6.08 Å². The molecular weight excluding hydrogens is 248 g/mol. The minimum atomic E-state index is -1.10. The lowest BCUT2D eigenvalue weighted by molar-refractivity contribution is 0.404. The molecule has 0 N–H and O–H groups in total. The SMILES string of the molecule is O=C=NC1(c2c(F)cc(Cl)cc2F)CCCC1. The van der Waals surface area contributed by atoms with E-state index in [4.69, 9.17) is 11.6 Å². The lowest BCUT2D eigenvalue weighted by Gasteiger charge is -2.23. The zero-order valence-corrected chi connectivity index (χ0v) is 9.73. The second kappa shape index (κ2) is 4.55. The third-order valence-corrected chi connectivity index (χ3v) is 3.38. The molecule has 2 nitrogen and oxygen atoms in total. The van der Waals surface area contributed by atoms with Crippen molar-refractivity contribution in [3.63, 3.8) is 0 Å². The van der Waals surface area contributed by atoms with Crippen molar-refractivity contribution in [2.45, 2.75) is 31.2 Å². The van der Waals surface area contributed by atoms with Crippen LogP contribution in [0.25, 0.3) is 0 Å². The van der Waals surface area contributed by atoms with Crippen molar-refractivity contribution in [3.8, 4) is 0 Å². The van der Waals surface area contributed by atoms with E-state index in [2.05, 4.69) is 4.99 Å². The van der Waals surface area contributed by atoms with Gasteiger partial charge in [0.25, 0.3) is 0 Å². The Morgan fingerprint density at radius 3 is 2.24 bits per heavy atom. The van der Waals surface area contributed by atoms with E-state index in [0.29, 0.717) is 12.8 Å². The Kier molecular flexibility index (Phi) is 3.27. The first-order chi connectivity index (χ1) is 8.09. The van der Waals surface area contributed by atoms with Crippen molar-refractivity contribution in [1.29, 1.82) is 0 Å². The van der Waals surface area contributed by atoms with Crippen LogP contribution in [0.5, 0.6) is 0 Å². The van der Waals surface area contributed by atoms with Crippen LogP contribution < -0.4 is 0 Å². The highest BCUT2D eigenvalue weighted by Gasteiger charge is 2.40. The molecule has 1 aliphatic carbocycles. The van der Waals surface area contributed by atoms with Gasteiger partial charge >= 0.3 is 0 Å². The topological polar surface area (TPSA) is 29.4 Å². The van der Waals surface area contributed by atoms with E-state index >= 15 is 0 Å². The summed E-state index contributed by atoms with van der Waals surface area (Å²) >= 11 is 5.56. The fraction of sp³-hybridized carbons (Fsp3) is 0.417. The van der Waals surface area contributed by atoms with Gasteiger partial charge in [-0.15, -0.1) is 0 Å². The Balaban J connectivity index is 2.61. The average molecular weight is 258 g/mol. The molecule has 0 atom stereocenters. The van der Waals surface area contributed by atoms with Crippen LogP contribution in [0.15, 0.2) is 17.1 Å². The van der Waals surface area contributed by atoms with Gasteiger partial charge in [-0.3, -0.25) is 0 Å². The summed E-state index contributed by atoms with van der Waals surface area (Å²) in [6.07, 6.45) is 3.91. The number of hydrogen-bond donors (Lipinski definition) is 0. The lowest BCUT2D eigenvalue weighted by atomic mass is 9.88. The molecule has 0 spiro atoms. The molecule has 0 radical (unpaired) electrons. The van der Waals surface area contributed by atoms with Gasteiger partial charge in [-0.25, -0.2) is 13.6 Å². The lowest BCUT2D eigenvalue weighted by Crippen LogP contribution is -2.22. The number of nitrogens with zero attached hydrogens (tertiary/aromatic N) is 1. The number of isocyanates is 1. The largest absolute Gasteiger partial charge is 0.235 e. The molecule has 0 unspecified atom stereocenters. The van der Waals surface area contributed by atoms with Gasteiger partial charge in [-0.1, -0.05) is 24.4 Å². The molecule has 5 heteroatoms. The van der Waals surface area contributed by atoms with Crippen LogP contribution in [0.2, 0.25) is 5.02 Å². The van der Waals surface area contributed by atoms with Gasteiger partial charge in [0, 0.05) is 5.02 Å². The second-order valence-corrected chi connectivity index (χ2v) is 4.62. The summed E-state index contributed by atoms with van der Waals surface area (Å²) in [5.74, 6) is -1.51. The molecule has 0 aliphatic heterocycles. The smallest absolute Gasteiger partial charge is 0.211 e. The van der Waals surface area contributed by atoms with Crippen molar-refractivity contribution in [2.24, 2.45) is 4.99 Å². The zero-order chi connectivity index (χ0) is 12.5. The first-order valence-corrected chi connectivity index (χ1v) is 5.71. The molecule has 90 valence electrons. The zero-order valence-electron chi connectivity index (χ0n) is 8.97. The van der Waals surface area contributed by atoms with Crippen molar-refractivity contribution in [2.75, 3.05) is 0 Å². The molecule has 0 aromatic heterocycles. The summed E-state index contributed by atoms with van der Waals surface area (Å²) < 4.78 is 27.6. The predicted molar refractivity (Wildman–Crippen MR) is 59.6 cm³/mol. The van der Waals surface area contributed by atoms with Gasteiger partial charge in [-0.05, 0) is 25.0 Å². The van der Waals surface area contributed by atoms with E-state index in [1.54, 1.807) is 0 Å².